The van der Waals surface area contributed by atoms with E-state index in [0.717, 1.165) is 34.0 Å². The lowest BCUT2D eigenvalue weighted by Crippen LogP contribution is -2.30. The van der Waals surface area contributed by atoms with Gasteiger partial charge in [-0.15, -0.1) is 23.1 Å². The molecule has 7 nitrogen and oxygen atoms in total. The number of amides is 2. The monoisotopic (exact) mass is 613 g/mol. The first-order chi connectivity index (χ1) is 20.8. The Hall–Kier alpha value is -3.92. The Morgan fingerprint density at radius 3 is 2.56 bits per heavy atom. The van der Waals surface area contributed by atoms with Gasteiger partial charge >= 0.3 is 5.97 Å². The zero-order valence-electron chi connectivity index (χ0n) is 24.5. The van der Waals surface area contributed by atoms with Gasteiger partial charge in [0.1, 0.15) is 5.00 Å². The highest BCUT2D eigenvalue weighted by Gasteiger charge is 2.30. The zero-order valence-corrected chi connectivity index (χ0v) is 26.1. The third kappa shape index (κ3) is 7.73. The van der Waals surface area contributed by atoms with Crippen LogP contribution in [0.25, 0.3) is 0 Å². The minimum absolute atomic E-state index is 0.188. The van der Waals surface area contributed by atoms with E-state index in [1.54, 1.807) is 13.0 Å². The Labute approximate surface area is 260 Å². The molecule has 9 heteroatoms. The fourth-order valence-corrected chi connectivity index (χ4v) is 7.26. The number of nitrogens with one attached hydrogen (secondary N) is 2. The molecule has 0 saturated carbocycles. The number of aryl methyl sites for hydroxylation is 1. The summed E-state index contributed by atoms with van der Waals surface area (Å²) >= 11 is 2.85. The Morgan fingerprint density at radius 1 is 1.00 bits per heavy atom. The van der Waals surface area contributed by atoms with E-state index in [2.05, 4.69) is 27.7 Å². The number of anilines is 2. The van der Waals surface area contributed by atoms with E-state index in [1.165, 1.54) is 28.7 Å². The molecule has 1 aliphatic heterocycles. The van der Waals surface area contributed by atoms with Crippen LogP contribution in [0.4, 0.5) is 10.7 Å². The second kappa shape index (κ2) is 14.0. The number of thiophene rings is 1. The number of hydrogen-bond donors (Lipinski definition) is 2. The smallest absolute Gasteiger partial charge is 0.341 e. The Bertz CT molecular complexity index is 1620. The lowest BCUT2D eigenvalue weighted by molar-refractivity contribution is -0.115. The minimum Gasteiger partial charge on any atom is -0.462 e. The molecule has 43 heavy (non-hydrogen) atoms. The van der Waals surface area contributed by atoms with Crippen molar-refractivity contribution in [3.05, 3.63) is 112 Å². The lowest BCUT2D eigenvalue weighted by Gasteiger charge is -2.27. The number of thioether (sulfide) groups is 1. The van der Waals surface area contributed by atoms with Crippen LogP contribution in [0.1, 0.15) is 56.1 Å². The predicted molar refractivity (Wildman–Crippen MR) is 174 cm³/mol. The van der Waals surface area contributed by atoms with Crippen molar-refractivity contribution in [2.75, 3.05) is 23.8 Å². The highest BCUT2D eigenvalue weighted by atomic mass is 32.2. The van der Waals surface area contributed by atoms with E-state index in [1.807, 2.05) is 74.5 Å². The summed E-state index contributed by atoms with van der Waals surface area (Å²) in [7, 11) is 0. The molecule has 1 aromatic heterocycles. The molecule has 0 bridgehead atoms. The second-order valence-electron chi connectivity index (χ2n) is 10.5. The summed E-state index contributed by atoms with van der Waals surface area (Å²) in [5.74, 6) is -0.791. The first-order valence-corrected chi connectivity index (χ1v) is 16.0. The van der Waals surface area contributed by atoms with Gasteiger partial charge in [0.25, 0.3) is 5.91 Å². The highest BCUT2D eigenvalue weighted by Crippen LogP contribution is 2.38. The summed E-state index contributed by atoms with van der Waals surface area (Å²) in [5.41, 5.74) is 4.95. The number of carbonyl (C=O) groups excluding carboxylic acids is 3. The molecule has 3 aromatic carbocycles. The molecule has 2 amide bonds. The standard InChI is InChI=1S/C34H35N3O4S2/c1-4-41-34(40)30-28-16-17-37(20-24-11-6-5-7-12-24)21-29(28)43-33(30)36-31(38)23(3)42-27-15-9-14-26(19-27)35-32(39)25-13-8-10-22(2)18-25/h5-15,18-19,23H,4,16-17,20-21H2,1-3H3,(H,35,39)(H,36,38). The van der Waals surface area contributed by atoms with Gasteiger partial charge < -0.3 is 15.4 Å². The van der Waals surface area contributed by atoms with Crippen LogP contribution in [0.15, 0.2) is 83.8 Å². The molecule has 2 heterocycles. The number of fused-ring (bicyclic) bond motifs is 1. The summed E-state index contributed by atoms with van der Waals surface area (Å²) in [6.45, 7) is 8.18. The normalized spacial score (nSPS) is 13.6. The van der Waals surface area contributed by atoms with Gasteiger partial charge in [0.2, 0.25) is 5.91 Å². The molecule has 222 valence electrons. The molecule has 0 aliphatic carbocycles. The maximum Gasteiger partial charge on any atom is 0.341 e. The van der Waals surface area contributed by atoms with Crippen LogP contribution in [-0.2, 0) is 29.0 Å². The molecular weight excluding hydrogens is 579 g/mol. The molecule has 5 rings (SSSR count). The fourth-order valence-electron chi connectivity index (χ4n) is 5.05. The molecule has 0 saturated heterocycles. The van der Waals surface area contributed by atoms with Crippen molar-refractivity contribution in [2.24, 2.45) is 0 Å². The third-order valence-electron chi connectivity index (χ3n) is 7.16. The van der Waals surface area contributed by atoms with Crippen molar-refractivity contribution >= 4 is 51.6 Å². The maximum absolute atomic E-state index is 13.4. The molecular formula is C34H35N3O4S2. The Balaban J connectivity index is 1.27. The van der Waals surface area contributed by atoms with E-state index in [0.29, 0.717) is 34.8 Å². The topological polar surface area (TPSA) is 87.7 Å². The van der Waals surface area contributed by atoms with E-state index in [4.69, 9.17) is 4.74 Å². The van der Waals surface area contributed by atoms with Crippen LogP contribution >= 0.6 is 23.1 Å². The quantitative estimate of drug-likeness (QED) is 0.146. The Kier molecular flexibility index (Phi) is 9.97. The van der Waals surface area contributed by atoms with Gasteiger partial charge in [-0.25, -0.2) is 4.79 Å². The molecule has 0 radical (unpaired) electrons. The fraction of sp³-hybridized carbons (Fsp3) is 0.265. The van der Waals surface area contributed by atoms with E-state index in [-0.39, 0.29) is 18.4 Å². The number of ether oxygens (including phenoxy) is 1. The van der Waals surface area contributed by atoms with Gasteiger partial charge in [0, 0.05) is 40.7 Å². The van der Waals surface area contributed by atoms with Gasteiger partial charge in [0.05, 0.1) is 17.4 Å². The lowest BCUT2D eigenvalue weighted by atomic mass is 10.0. The summed E-state index contributed by atoms with van der Waals surface area (Å²) in [6.07, 6.45) is 0.716. The van der Waals surface area contributed by atoms with Gasteiger partial charge in [-0.1, -0.05) is 54.1 Å². The summed E-state index contributed by atoms with van der Waals surface area (Å²) in [5, 5.41) is 6.07. The van der Waals surface area contributed by atoms with Crippen molar-refractivity contribution in [1.82, 2.24) is 4.90 Å². The predicted octanol–water partition coefficient (Wildman–Crippen LogP) is 7.16. The van der Waals surface area contributed by atoms with E-state index < -0.39 is 11.2 Å². The number of benzene rings is 3. The zero-order chi connectivity index (χ0) is 30.3. The minimum atomic E-state index is -0.452. The average Bonchev–Trinajstić information content (AvgIpc) is 3.35. The summed E-state index contributed by atoms with van der Waals surface area (Å²) in [4.78, 5) is 43.4. The SMILES string of the molecule is CCOC(=O)c1c(NC(=O)C(C)Sc2cccc(NC(=O)c3cccc(C)c3)c2)sc2c1CCN(Cc1ccccc1)C2. The highest BCUT2D eigenvalue weighted by molar-refractivity contribution is 8.00. The van der Waals surface area contributed by atoms with E-state index in [9.17, 15) is 14.4 Å². The molecule has 0 fully saturated rings. The Morgan fingerprint density at radius 2 is 1.79 bits per heavy atom. The van der Waals surface area contributed by atoms with Crippen molar-refractivity contribution in [3.8, 4) is 0 Å². The number of hydrogen-bond acceptors (Lipinski definition) is 7. The first kappa shape index (κ1) is 30.5. The first-order valence-electron chi connectivity index (χ1n) is 14.3. The van der Waals surface area contributed by atoms with Crippen molar-refractivity contribution in [2.45, 2.75) is 50.4 Å². The van der Waals surface area contributed by atoms with Crippen molar-refractivity contribution in [1.29, 1.82) is 0 Å². The summed E-state index contributed by atoms with van der Waals surface area (Å²) < 4.78 is 5.40. The largest absolute Gasteiger partial charge is 0.462 e. The molecule has 0 spiro atoms. The second-order valence-corrected chi connectivity index (χ2v) is 13.0. The average molecular weight is 614 g/mol. The molecule has 1 aliphatic rings. The molecule has 1 unspecified atom stereocenters. The van der Waals surface area contributed by atoms with E-state index >= 15 is 0 Å². The van der Waals surface area contributed by atoms with Gasteiger partial charge in [0.15, 0.2) is 0 Å². The van der Waals surface area contributed by atoms with Crippen LogP contribution in [0.2, 0.25) is 0 Å². The number of carbonyl (C=O) groups is 3. The van der Waals surface area contributed by atoms with Crippen LogP contribution in [0.3, 0.4) is 0 Å². The van der Waals surface area contributed by atoms with Crippen molar-refractivity contribution in [3.63, 3.8) is 0 Å². The third-order valence-corrected chi connectivity index (χ3v) is 9.38. The van der Waals surface area contributed by atoms with Gasteiger partial charge in [-0.3, -0.25) is 14.5 Å². The van der Waals surface area contributed by atoms with Crippen LogP contribution < -0.4 is 10.6 Å². The number of rotatable bonds is 10. The maximum atomic E-state index is 13.4. The van der Waals surface area contributed by atoms with Gasteiger partial charge in [-0.2, -0.15) is 0 Å². The molecule has 2 N–H and O–H groups in total. The van der Waals surface area contributed by atoms with Crippen LogP contribution in [0, 0.1) is 6.92 Å². The number of nitrogens with zero attached hydrogens (tertiary/aromatic N) is 1. The van der Waals surface area contributed by atoms with Crippen LogP contribution in [0.5, 0.6) is 0 Å². The molecule has 1 atom stereocenters. The van der Waals surface area contributed by atoms with Crippen LogP contribution in [-0.4, -0.2) is 41.1 Å². The van der Waals surface area contributed by atoms with Crippen molar-refractivity contribution < 1.29 is 19.1 Å². The van der Waals surface area contributed by atoms with Gasteiger partial charge in [-0.05, 0) is 68.7 Å². The number of esters is 1. The molecule has 4 aromatic rings. The summed E-state index contributed by atoms with van der Waals surface area (Å²) in [6, 6.07) is 25.2.